The van der Waals surface area contributed by atoms with Crippen molar-refractivity contribution < 1.29 is 10.2 Å². The van der Waals surface area contributed by atoms with Crippen LogP contribution in [0.1, 0.15) is 30.6 Å². The minimum Gasteiger partial charge on any atom is -0.388 e. The second kappa shape index (κ2) is 5.51. The molecule has 0 amide bonds. The van der Waals surface area contributed by atoms with Crippen molar-refractivity contribution in [3.05, 3.63) is 65.7 Å². The zero-order valence-electron chi connectivity index (χ0n) is 12.2. The quantitative estimate of drug-likeness (QED) is 0.910. The number of nitrogens with zero attached hydrogens (tertiary/aromatic N) is 1. The van der Waals surface area contributed by atoms with Crippen molar-refractivity contribution in [3.63, 3.8) is 0 Å². The highest BCUT2D eigenvalue weighted by atomic mass is 16.3. The molecule has 2 aromatic rings. The number of aliphatic hydroxyl groups excluding tert-OH is 1. The first-order valence-electron chi connectivity index (χ1n) is 7.38. The molecule has 3 heteroatoms. The smallest absolute Gasteiger partial charge is 0.104 e. The fraction of sp³-hybridized carbons (Fsp3) is 0.333. The Labute approximate surface area is 125 Å². The number of fused-ring (bicyclic) bond motifs is 1. The van der Waals surface area contributed by atoms with Gasteiger partial charge in [0.15, 0.2) is 0 Å². The van der Waals surface area contributed by atoms with Crippen molar-refractivity contribution >= 4 is 5.69 Å². The van der Waals surface area contributed by atoms with E-state index in [2.05, 4.69) is 4.90 Å². The number of aliphatic hydroxyl groups is 2. The third-order valence-electron chi connectivity index (χ3n) is 4.20. The van der Waals surface area contributed by atoms with Crippen LogP contribution in [-0.2, 0) is 5.60 Å². The standard InChI is InChI=1S/C18H21NO2/c1-18(21,14-7-3-2-4-8-14)13-19-12-11-17(20)15-9-5-6-10-16(15)19/h2-10,17,20-21H,11-13H2,1H3. The van der Waals surface area contributed by atoms with Crippen molar-refractivity contribution in [2.75, 3.05) is 18.0 Å². The number of para-hydroxylation sites is 1. The largest absolute Gasteiger partial charge is 0.388 e. The summed E-state index contributed by atoms with van der Waals surface area (Å²) in [5.41, 5.74) is 1.96. The van der Waals surface area contributed by atoms with Gasteiger partial charge in [-0.15, -0.1) is 0 Å². The van der Waals surface area contributed by atoms with Crippen LogP contribution in [0, 0.1) is 0 Å². The third kappa shape index (κ3) is 2.80. The molecule has 2 atom stereocenters. The van der Waals surface area contributed by atoms with Crippen molar-refractivity contribution in [1.29, 1.82) is 0 Å². The molecule has 0 saturated carbocycles. The second-order valence-electron chi connectivity index (χ2n) is 5.92. The van der Waals surface area contributed by atoms with Crippen LogP contribution in [0.25, 0.3) is 0 Å². The molecule has 0 fully saturated rings. The summed E-state index contributed by atoms with van der Waals surface area (Å²) < 4.78 is 0. The van der Waals surface area contributed by atoms with Gasteiger partial charge in [-0.3, -0.25) is 0 Å². The maximum atomic E-state index is 10.8. The number of anilines is 1. The Hall–Kier alpha value is -1.84. The molecule has 110 valence electrons. The molecule has 0 bridgehead atoms. The number of benzene rings is 2. The Morgan fingerprint density at radius 2 is 1.76 bits per heavy atom. The first-order chi connectivity index (χ1) is 10.1. The number of hydrogen-bond acceptors (Lipinski definition) is 3. The Kier molecular flexibility index (Phi) is 3.70. The molecule has 2 N–H and O–H groups in total. The van der Waals surface area contributed by atoms with Gasteiger partial charge in [0, 0.05) is 17.8 Å². The molecule has 0 radical (unpaired) electrons. The van der Waals surface area contributed by atoms with E-state index in [-0.39, 0.29) is 0 Å². The minimum absolute atomic E-state index is 0.404. The fourth-order valence-electron chi connectivity index (χ4n) is 3.04. The van der Waals surface area contributed by atoms with Crippen LogP contribution < -0.4 is 4.90 Å². The fourth-order valence-corrected chi connectivity index (χ4v) is 3.04. The maximum absolute atomic E-state index is 10.8. The Bertz CT molecular complexity index is 610. The molecule has 2 aromatic carbocycles. The summed E-state index contributed by atoms with van der Waals surface area (Å²) in [6, 6.07) is 17.6. The lowest BCUT2D eigenvalue weighted by Crippen LogP contribution is -2.42. The van der Waals surface area contributed by atoms with Crippen molar-refractivity contribution in [3.8, 4) is 0 Å². The summed E-state index contributed by atoms with van der Waals surface area (Å²) in [6.07, 6.45) is 0.293. The molecule has 0 aliphatic carbocycles. The molecular formula is C18H21NO2. The summed E-state index contributed by atoms with van der Waals surface area (Å²) in [5, 5.41) is 20.9. The Morgan fingerprint density at radius 1 is 1.10 bits per heavy atom. The minimum atomic E-state index is -0.920. The highest BCUT2D eigenvalue weighted by Gasteiger charge is 2.30. The monoisotopic (exact) mass is 283 g/mol. The summed E-state index contributed by atoms with van der Waals surface area (Å²) in [6.45, 7) is 3.11. The van der Waals surface area contributed by atoms with E-state index in [0.29, 0.717) is 13.0 Å². The highest BCUT2D eigenvalue weighted by Crippen LogP contribution is 2.35. The van der Waals surface area contributed by atoms with Gasteiger partial charge in [0.25, 0.3) is 0 Å². The molecule has 1 aliphatic rings. The molecular weight excluding hydrogens is 262 g/mol. The third-order valence-corrected chi connectivity index (χ3v) is 4.20. The van der Waals surface area contributed by atoms with E-state index < -0.39 is 11.7 Å². The van der Waals surface area contributed by atoms with Gasteiger partial charge in [-0.05, 0) is 25.0 Å². The normalized spacial score (nSPS) is 20.7. The van der Waals surface area contributed by atoms with E-state index in [1.807, 2.05) is 61.5 Å². The first kappa shape index (κ1) is 14.1. The van der Waals surface area contributed by atoms with Gasteiger partial charge in [-0.1, -0.05) is 48.5 Å². The number of β-amino-alcohol motifs (C(OH)–C–C–N with tert-alkyl or cyclic N) is 1. The molecule has 0 saturated heterocycles. The van der Waals surface area contributed by atoms with Gasteiger partial charge in [-0.25, -0.2) is 0 Å². The molecule has 3 nitrogen and oxygen atoms in total. The zero-order valence-corrected chi connectivity index (χ0v) is 12.2. The van der Waals surface area contributed by atoms with Crippen LogP contribution in [0.3, 0.4) is 0 Å². The number of rotatable bonds is 3. The van der Waals surface area contributed by atoms with Gasteiger partial charge in [0.1, 0.15) is 5.60 Å². The lowest BCUT2D eigenvalue weighted by atomic mass is 9.92. The average Bonchev–Trinajstić information content (AvgIpc) is 2.51. The van der Waals surface area contributed by atoms with E-state index in [1.165, 1.54) is 0 Å². The maximum Gasteiger partial charge on any atom is 0.104 e. The summed E-state index contributed by atoms with van der Waals surface area (Å²) in [7, 11) is 0. The summed E-state index contributed by atoms with van der Waals surface area (Å²) in [4.78, 5) is 2.16. The zero-order chi connectivity index (χ0) is 14.9. The van der Waals surface area contributed by atoms with Gasteiger partial charge in [-0.2, -0.15) is 0 Å². The summed E-state index contributed by atoms with van der Waals surface area (Å²) in [5.74, 6) is 0. The van der Waals surface area contributed by atoms with E-state index in [4.69, 9.17) is 0 Å². The Morgan fingerprint density at radius 3 is 2.52 bits per heavy atom. The molecule has 21 heavy (non-hydrogen) atoms. The average molecular weight is 283 g/mol. The molecule has 1 heterocycles. The molecule has 0 spiro atoms. The van der Waals surface area contributed by atoms with Crippen LogP contribution in [0.5, 0.6) is 0 Å². The van der Waals surface area contributed by atoms with Gasteiger partial charge in [0.05, 0.1) is 12.6 Å². The van der Waals surface area contributed by atoms with Crippen LogP contribution in [0.4, 0.5) is 5.69 Å². The van der Waals surface area contributed by atoms with Crippen molar-refractivity contribution in [2.24, 2.45) is 0 Å². The molecule has 1 aliphatic heterocycles. The van der Waals surface area contributed by atoms with Crippen LogP contribution in [-0.4, -0.2) is 23.3 Å². The Balaban J connectivity index is 1.87. The molecule has 3 rings (SSSR count). The lowest BCUT2D eigenvalue weighted by molar-refractivity contribution is 0.0620. The molecule has 0 aromatic heterocycles. The van der Waals surface area contributed by atoms with E-state index >= 15 is 0 Å². The van der Waals surface area contributed by atoms with Gasteiger partial charge < -0.3 is 15.1 Å². The van der Waals surface area contributed by atoms with E-state index in [9.17, 15) is 10.2 Å². The lowest BCUT2D eigenvalue weighted by Gasteiger charge is -2.38. The van der Waals surface area contributed by atoms with Crippen molar-refractivity contribution in [2.45, 2.75) is 25.0 Å². The van der Waals surface area contributed by atoms with E-state index in [0.717, 1.165) is 23.4 Å². The second-order valence-corrected chi connectivity index (χ2v) is 5.92. The highest BCUT2D eigenvalue weighted by molar-refractivity contribution is 5.57. The van der Waals surface area contributed by atoms with Crippen molar-refractivity contribution in [1.82, 2.24) is 0 Å². The van der Waals surface area contributed by atoms with Crippen LogP contribution in [0.15, 0.2) is 54.6 Å². The SMILES string of the molecule is CC(O)(CN1CCC(O)c2ccccc21)c1ccccc1. The number of hydrogen-bond donors (Lipinski definition) is 2. The van der Waals surface area contributed by atoms with Crippen LogP contribution in [0.2, 0.25) is 0 Å². The van der Waals surface area contributed by atoms with Crippen LogP contribution >= 0.6 is 0 Å². The van der Waals surface area contributed by atoms with E-state index in [1.54, 1.807) is 0 Å². The van der Waals surface area contributed by atoms with Gasteiger partial charge in [0.2, 0.25) is 0 Å². The first-order valence-corrected chi connectivity index (χ1v) is 7.38. The summed E-state index contributed by atoms with van der Waals surface area (Å²) >= 11 is 0. The topological polar surface area (TPSA) is 43.7 Å². The predicted octanol–water partition coefficient (Wildman–Crippen LogP) is 2.84. The predicted molar refractivity (Wildman–Crippen MR) is 84.2 cm³/mol. The van der Waals surface area contributed by atoms with Gasteiger partial charge >= 0.3 is 0 Å². The molecule has 2 unspecified atom stereocenters.